The van der Waals surface area contributed by atoms with Gasteiger partial charge in [0.25, 0.3) is 0 Å². The van der Waals surface area contributed by atoms with E-state index in [9.17, 15) is 14.4 Å². The van der Waals surface area contributed by atoms with E-state index in [0.717, 1.165) is 5.56 Å². The van der Waals surface area contributed by atoms with E-state index in [1.54, 1.807) is 13.8 Å². The molecule has 0 fully saturated rings. The normalized spacial score (nSPS) is 18.6. The zero-order chi connectivity index (χ0) is 21.6. The summed E-state index contributed by atoms with van der Waals surface area (Å²) in [5, 5.41) is 0. The number of carbonyl (C=O) groups excluding carboxylic acids is 3. The summed E-state index contributed by atoms with van der Waals surface area (Å²) in [5.74, 6) is -3.76. The number of hydrogen-bond donors (Lipinski definition) is 0. The fourth-order valence-electron chi connectivity index (χ4n) is 3.20. The van der Waals surface area contributed by atoms with Gasteiger partial charge in [0.2, 0.25) is 0 Å². The number of nitrogens with zero attached hydrogens (tertiary/aromatic N) is 1. The van der Waals surface area contributed by atoms with Crippen LogP contribution in [-0.2, 0) is 28.6 Å². The van der Waals surface area contributed by atoms with Crippen molar-refractivity contribution in [2.75, 3.05) is 27.4 Å². The zero-order valence-corrected chi connectivity index (χ0v) is 17.2. The van der Waals surface area contributed by atoms with Crippen molar-refractivity contribution in [3.63, 3.8) is 0 Å². The Morgan fingerprint density at radius 3 is 2.24 bits per heavy atom. The molecule has 8 heteroatoms. The summed E-state index contributed by atoms with van der Waals surface area (Å²) in [6.45, 7) is 5.14. The van der Waals surface area contributed by atoms with Gasteiger partial charge in [0.1, 0.15) is 30.8 Å². The van der Waals surface area contributed by atoms with Crippen LogP contribution in [0, 0.1) is 18.8 Å². The van der Waals surface area contributed by atoms with Crippen LogP contribution in [0.5, 0.6) is 5.75 Å². The molecule has 0 aromatic heterocycles. The number of aryl methyl sites for hydroxylation is 1. The van der Waals surface area contributed by atoms with Crippen LogP contribution in [0.1, 0.15) is 19.4 Å². The molecule has 0 aliphatic carbocycles. The number of para-hydroxylation sites is 1. The summed E-state index contributed by atoms with van der Waals surface area (Å²) in [4.78, 5) is 41.6. The standard InChI is InChI=1S/C21H25NO7/c1-12-8-6-7-9-15(12)28-10-11-29-21(25)18-16(19(23)26-4)13(2)22-14(3)17(18)20(24)27-5/h6-9,16,18H,10-11H2,1-5H3/t16?,18-/m1/s1. The quantitative estimate of drug-likeness (QED) is 0.391. The molecule has 8 nitrogen and oxygen atoms in total. The number of rotatable bonds is 7. The molecule has 0 N–H and O–H groups in total. The first-order valence-electron chi connectivity index (χ1n) is 9.09. The van der Waals surface area contributed by atoms with E-state index in [1.807, 2.05) is 31.2 Å². The lowest BCUT2D eigenvalue weighted by molar-refractivity contribution is -0.157. The number of benzene rings is 1. The lowest BCUT2D eigenvalue weighted by atomic mass is 9.80. The summed E-state index contributed by atoms with van der Waals surface area (Å²) in [7, 11) is 2.40. The summed E-state index contributed by atoms with van der Waals surface area (Å²) in [5.41, 5.74) is 1.60. The lowest BCUT2D eigenvalue weighted by Crippen LogP contribution is -2.42. The number of carbonyl (C=O) groups is 3. The van der Waals surface area contributed by atoms with Crippen LogP contribution in [0.4, 0.5) is 0 Å². The van der Waals surface area contributed by atoms with Gasteiger partial charge in [-0.15, -0.1) is 0 Å². The maximum absolute atomic E-state index is 12.8. The van der Waals surface area contributed by atoms with Crippen molar-refractivity contribution >= 4 is 23.6 Å². The number of allylic oxidation sites excluding steroid dienone is 1. The minimum absolute atomic E-state index is 0.0154. The predicted molar refractivity (Wildman–Crippen MR) is 104 cm³/mol. The smallest absolute Gasteiger partial charge is 0.336 e. The molecule has 1 unspecified atom stereocenters. The molecule has 0 radical (unpaired) electrons. The largest absolute Gasteiger partial charge is 0.490 e. The Kier molecular flexibility index (Phi) is 7.52. The van der Waals surface area contributed by atoms with Crippen LogP contribution < -0.4 is 4.74 Å². The molecule has 2 atom stereocenters. The Labute approximate surface area is 169 Å². The third kappa shape index (κ3) is 5.01. The van der Waals surface area contributed by atoms with Crippen LogP contribution in [0.15, 0.2) is 40.5 Å². The summed E-state index contributed by atoms with van der Waals surface area (Å²) in [6.07, 6.45) is 0. The van der Waals surface area contributed by atoms with E-state index in [4.69, 9.17) is 18.9 Å². The molecule has 29 heavy (non-hydrogen) atoms. The molecule has 0 bridgehead atoms. The Morgan fingerprint density at radius 1 is 0.931 bits per heavy atom. The van der Waals surface area contributed by atoms with Crippen LogP contribution >= 0.6 is 0 Å². The van der Waals surface area contributed by atoms with Gasteiger partial charge in [0, 0.05) is 11.4 Å². The van der Waals surface area contributed by atoms with E-state index >= 15 is 0 Å². The minimum atomic E-state index is -1.20. The molecule has 0 spiro atoms. The van der Waals surface area contributed by atoms with Crippen molar-refractivity contribution in [3.8, 4) is 5.75 Å². The second-order valence-corrected chi connectivity index (χ2v) is 6.50. The van der Waals surface area contributed by atoms with E-state index < -0.39 is 29.7 Å². The third-order valence-electron chi connectivity index (χ3n) is 4.62. The van der Waals surface area contributed by atoms with Gasteiger partial charge in [0.15, 0.2) is 0 Å². The number of ether oxygens (including phenoxy) is 4. The van der Waals surface area contributed by atoms with Crippen LogP contribution in [0.25, 0.3) is 0 Å². The fourth-order valence-corrected chi connectivity index (χ4v) is 3.20. The summed E-state index contributed by atoms with van der Waals surface area (Å²) in [6, 6.07) is 7.45. The Morgan fingerprint density at radius 2 is 1.62 bits per heavy atom. The van der Waals surface area contributed by atoms with Gasteiger partial charge in [0.05, 0.1) is 19.8 Å². The summed E-state index contributed by atoms with van der Waals surface area (Å²) < 4.78 is 20.5. The van der Waals surface area contributed by atoms with Crippen LogP contribution in [0.3, 0.4) is 0 Å². The maximum atomic E-state index is 12.8. The van der Waals surface area contributed by atoms with Crippen molar-refractivity contribution in [3.05, 3.63) is 41.1 Å². The number of hydrogen-bond acceptors (Lipinski definition) is 8. The minimum Gasteiger partial charge on any atom is -0.490 e. The Bertz CT molecular complexity index is 856. The van der Waals surface area contributed by atoms with E-state index in [1.165, 1.54) is 14.2 Å². The van der Waals surface area contributed by atoms with E-state index in [-0.39, 0.29) is 18.8 Å². The molecule has 2 rings (SSSR count). The van der Waals surface area contributed by atoms with Crippen molar-refractivity contribution in [1.29, 1.82) is 0 Å². The number of esters is 3. The maximum Gasteiger partial charge on any atom is 0.336 e. The lowest BCUT2D eigenvalue weighted by Gasteiger charge is -2.29. The fraction of sp³-hybridized carbons (Fsp3) is 0.429. The van der Waals surface area contributed by atoms with Gasteiger partial charge in [-0.05, 0) is 32.4 Å². The molecule has 1 aliphatic rings. The Hall–Kier alpha value is -3.16. The highest BCUT2D eigenvalue weighted by atomic mass is 16.6. The van der Waals surface area contributed by atoms with Gasteiger partial charge >= 0.3 is 17.9 Å². The zero-order valence-electron chi connectivity index (χ0n) is 17.2. The average molecular weight is 403 g/mol. The topological polar surface area (TPSA) is 100 Å². The highest BCUT2D eigenvalue weighted by Gasteiger charge is 2.46. The van der Waals surface area contributed by atoms with Gasteiger partial charge in [-0.1, -0.05) is 18.2 Å². The average Bonchev–Trinajstić information content (AvgIpc) is 2.70. The highest BCUT2D eigenvalue weighted by molar-refractivity contribution is 6.10. The first-order chi connectivity index (χ1) is 13.8. The van der Waals surface area contributed by atoms with Crippen molar-refractivity contribution in [1.82, 2.24) is 0 Å². The molecule has 1 aromatic carbocycles. The van der Waals surface area contributed by atoms with Crippen molar-refractivity contribution in [2.24, 2.45) is 16.8 Å². The molecular weight excluding hydrogens is 378 g/mol. The van der Waals surface area contributed by atoms with Crippen molar-refractivity contribution in [2.45, 2.75) is 20.8 Å². The summed E-state index contributed by atoms with van der Waals surface area (Å²) >= 11 is 0. The van der Waals surface area contributed by atoms with E-state index in [0.29, 0.717) is 17.2 Å². The molecule has 1 heterocycles. The van der Waals surface area contributed by atoms with Gasteiger partial charge < -0.3 is 18.9 Å². The predicted octanol–water partition coefficient (Wildman–Crippen LogP) is 2.24. The third-order valence-corrected chi connectivity index (χ3v) is 4.62. The molecule has 0 saturated carbocycles. The second kappa shape index (κ2) is 9.86. The Balaban J connectivity index is 2.16. The number of methoxy groups -OCH3 is 2. The first-order valence-corrected chi connectivity index (χ1v) is 9.09. The van der Waals surface area contributed by atoms with Gasteiger partial charge in [-0.3, -0.25) is 14.6 Å². The van der Waals surface area contributed by atoms with Gasteiger partial charge in [-0.25, -0.2) is 4.79 Å². The highest BCUT2D eigenvalue weighted by Crippen LogP contribution is 2.33. The molecule has 156 valence electrons. The van der Waals surface area contributed by atoms with Crippen LogP contribution in [-0.4, -0.2) is 51.1 Å². The second-order valence-electron chi connectivity index (χ2n) is 6.50. The molecule has 1 aliphatic heterocycles. The first kappa shape index (κ1) is 22.1. The molecular formula is C21H25NO7. The van der Waals surface area contributed by atoms with E-state index in [2.05, 4.69) is 4.99 Å². The van der Waals surface area contributed by atoms with Crippen LogP contribution in [0.2, 0.25) is 0 Å². The molecule has 0 amide bonds. The molecule has 0 saturated heterocycles. The molecule has 1 aromatic rings. The van der Waals surface area contributed by atoms with Gasteiger partial charge in [-0.2, -0.15) is 0 Å². The number of aliphatic imine (C=N–C) groups is 1. The monoisotopic (exact) mass is 403 g/mol. The van der Waals surface area contributed by atoms with Crippen molar-refractivity contribution < 1.29 is 33.3 Å². The SMILES string of the molecule is COC(=O)C1=C(C)N=C(C)C(C(=O)OC)[C@H]1C(=O)OCCOc1ccccc1C.